The molecule has 0 amide bonds. The zero-order valence-corrected chi connectivity index (χ0v) is 10.4. The van der Waals surface area contributed by atoms with Crippen LogP contribution in [0.5, 0.6) is 0 Å². The van der Waals surface area contributed by atoms with Crippen LogP contribution < -0.4 is 0 Å². The molecule has 0 unspecified atom stereocenters. The van der Waals surface area contributed by atoms with Crippen LogP contribution in [0.15, 0.2) is 24.3 Å². The summed E-state index contributed by atoms with van der Waals surface area (Å²) in [6.45, 7) is 4.07. The molecular formula is C15H21NO. The highest BCUT2D eigenvalue weighted by Crippen LogP contribution is 2.24. The summed E-state index contributed by atoms with van der Waals surface area (Å²) in [4.78, 5) is 2.63. The van der Waals surface area contributed by atoms with Crippen molar-refractivity contribution < 1.29 is 4.74 Å². The number of rotatable bonds is 1. The largest absolute Gasteiger partial charge is 0.379 e. The third kappa shape index (κ3) is 2.53. The van der Waals surface area contributed by atoms with E-state index in [0.29, 0.717) is 0 Å². The standard InChI is InChI=1S/C15H21NO/c1-2-5-14-12-15(7-3-6-13(14)4-1)16-8-10-17-11-9-16/h1-2,4-5,15H,3,6-12H2/t15-/m1/s1. The molecule has 0 spiro atoms. The van der Waals surface area contributed by atoms with Crippen molar-refractivity contribution in [2.45, 2.75) is 31.7 Å². The van der Waals surface area contributed by atoms with E-state index in [1.165, 1.54) is 25.7 Å². The van der Waals surface area contributed by atoms with Gasteiger partial charge >= 0.3 is 0 Å². The van der Waals surface area contributed by atoms with Crippen LogP contribution in [0.1, 0.15) is 24.0 Å². The van der Waals surface area contributed by atoms with Gasteiger partial charge in [-0.2, -0.15) is 0 Å². The Hall–Kier alpha value is -0.860. The predicted octanol–water partition coefficient (Wildman–Crippen LogP) is 2.27. The molecule has 1 aliphatic heterocycles. The van der Waals surface area contributed by atoms with Gasteiger partial charge in [0.05, 0.1) is 13.2 Å². The highest BCUT2D eigenvalue weighted by Gasteiger charge is 2.23. The summed E-state index contributed by atoms with van der Waals surface area (Å²) in [5.74, 6) is 0. The summed E-state index contributed by atoms with van der Waals surface area (Å²) in [5.41, 5.74) is 3.14. The van der Waals surface area contributed by atoms with Crippen molar-refractivity contribution in [2.24, 2.45) is 0 Å². The maximum Gasteiger partial charge on any atom is 0.0594 e. The first-order valence-electron chi connectivity index (χ1n) is 6.82. The van der Waals surface area contributed by atoms with E-state index >= 15 is 0 Å². The molecule has 2 aliphatic rings. The van der Waals surface area contributed by atoms with Crippen LogP contribution in [0.2, 0.25) is 0 Å². The third-order valence-electron chi connectivity index (χ3n) is 4.12. The average molecular weight is 231 g/mol. The summed E-state index contributed by atoms with van der Waals surface area (Å²) in [6, 6.07) is 9.71. The molecule has 1 fully saturated rings. The lowest BCUT2D eigenvalue weighted by atomic mass is 10.0. The number of fused-ring (bicyclic) bond motifs is 1. The highest BCUT2D eigenvalue weighted by atomic mass is 16.5. The zero-order chi connectivity index (χ0) is 11.5. The van der Waals surface area contributed by atoms with Gasteiger partial charge in [-0.25, -0.2) is 0 Å². The lowest BCUT2D eigenvalue weighted by Crippen LogP contribution is -2.44. The van der Waals surface area contributed by atoms with Gasteiger partial charge < -0.3 is 4.74 Å². The van der Waals surface area contributed by atoms with E-state index in [9.17, 15) is 0 Å². The van der Waals surface area contributed by atoms with Crippen molar-refractivity contribution in [1.82, 2.24) is 4.90 Å². The van der Waals surface area contributed by atoms with Crippen LogP contribution in [0.3, 0.4) is 0 Å². The average Bonchev–Trinajstić information content (AvgIpc) is 2.62. The van der Waals surface area contributed by atoms with Gasteiger partial charge in [-0.05, 0) is 36.8 Å². The smallest absolute Gasteiger partial charge is 0.0594 e. The van der Waals surface area contributed by atoms with Crippen molar-refractivity contribution in [2.75, 3.05) is 26.3 Å². The van der Waals surface area contributed by atoms with Crippen LogP contribution in [0, 0.1) is 0 Å². The normalized spacial score (nSPS) is 26.2. The molecular weight excluding hydrogens is 210 g/mol. The molecule has 1 aliphatic carbocycles. The van der Waals surface area contributed by atoms with Crippen LogP contribution in [0.4, 0.5) is 0 Å². The SMILES string of the molecule is c1ccc2c(c1)CCC[C@@H](N1CCOCC1)C2. The summed E-state index contributed by atoms with van der Waals surface area (Å²) in [5, 5.41) is 0. The minimum Gasteiger partial charge on any atom is -0.379 e. The molecule has 1 saturated heterocycles. The molecule has 1 aromatic carbocycles. The first kappa shape index (κ1) is 11.2. The Bertz CT molecular complexity index is 371. The fraction of sp³-hybridized carbons (Fsp3) is 0.600. The molecule has 0 radical (unpaired) electrons. The molecule has 2 heteroatoms. The Labute approximate surface area is 104 Å². The van der Waals surface area contributed by atoms with Crippen molar-refractivity contribution in [3.63, 3.8) is 0 Å². The molecule has 3 rings (SSSR count). The molecule has 0 bridgehead atoms. The number of benzene rings is 1. The van der Waals surface area contributed by atoms with Gasteiger partial charge in [0.25, 0.3) is 0 Å². The monoisotopic (exact) mass is 231 g/mol. The first-order chi connectivity index (χ1) is 8.43. The molecule has 92 valence electrons. The van der Waals surface area contributed by atoms with E-state index < -0.39 is 0 Å². The van der Waals surface area contributed by atoms with Crippen LogP contribution in [-0.4, -0.2) is 37.2 Å². The summed E-state index contributed by atoms with van der Waals surface area (Å²) >= 11 is 0. The number of hydrogen-bond donors (Lipinski definition) is 0. The maximum atomic E-state index is 5.45. The van der Waals surface area contributed by atoms with E-state index in [0.717, 1.165) is 32.3 Å². The predicted molar refractivity (Wildman–Crippen MR) is 69.3 cm³/mol. The van der Waals surface area contributed by atoms with E-state index in [1.807, 2.05) is 0 Å². The van der Waals surface area contributed by atoms with E-state index in [4.69, 9.17) is 4.74 Å². The van der Waals surface area contributed by atoms with Crippen molar-refractivity contribution in [3.05, 3.63) is 35.4 Å². The molecule has 1 heterocycles. The third-order valence-corrected chi connectivity index (χ3v) is 4.12. The van der Waals surface area contributed by atoms with Gasteiger partial charge in [-0.3, -0.25) is 4.90 Å². The van der Waals surface area contributed by atoms with Gasteiger partial charge in [-0.1, -0.05) is 24.3 Å². The lowest BCUT2D eigenvalue weighted by Gasteiger charge is -2.34. The number of aryl methyl sites for hydroxylation is 1. The molecule has 2 nitrogen and oxygen atoms in total. The van der Waals surface area contributed by atoms with Crippen molar-refractivity contribution in [1.29, 1.82) is 0 Å². The Kier molecular flexibility index (Phi) is 3.44. The molecule has 1 aromatic rings. The lowest BCUT2D eigenvalue weighted by molar-refractivity contribution is 0.0149. The van der Waals surface area contributed by atoms with Crippen molar-refractivity contribution in [3.8, 4) is 0 Å². The molecule has 1 atom stereocenters. The fourth-order valence-corrected chi connectivity index (χ4v) is 3.14. The van der Waals surface area contributed by atoms with E-state index in [1.54, 1.807) is 11.1 Å². The van der Waals surface area contributed by atoms with E-state index in [-0.39, 0.29) is 0 Å². The number of ether oxygens (including phenoxy) is 1. The molecule has 17 heavy (non-hydrogen) atoms. The van der Waals surface area contributed by atoms with Gasteiger partial charge in [-0.15, -0.1) is 0 Å². The number of hydrogen-bond acceptors (Lipinski definition) is 2. The Morgan fingerprint density at radius 1 is 1.06 bits per heavy atom. The van der Waals surface area contributed by atoms with Gasteiger partial charge in [0.1, 0.15) is 0 Å². The van der Waals surface area contributed by atoms with Gasteiger partial charge in [0.15, 0.2) is 0 Å². The molecule has 0 N–H and O–H groups in total. The number of nitrogens with zero attached hydrogens (tertiary/aromatic N) is 1. The Morgan fingerprint density at radius 2 is 1.82 bits per heavy atom. The minimum atomic E-state index is 0.738. The quantitative estimate of drug-likeness (QED) is 0.687. The van der Waals surface area contributed by atoms with Crippen molar-refractivity contribution >= 4 is 0 Å². The second-order valence-electron chi connectivity index (χ2n) is 5.17. The summed E-state index contributed by atoms with van der Waals surface area (Å²) < 4.78 is 5.45. The topological polar surface area (TPSA) is 12.5 Å². The Balaban J connectivity index is 1.75. The Morgan fingerprint density at radius 3 is 2.65 bits per heavy atom. The highest BCUT2D eigenvalue weighted by molar-refractivity contribution is 5.29. The summed E-state index contributed by atoms with van der Waals surface area (Å²) in [7, 11) is 0. The van der Waals surface area contributed by atoms with Crippen LogP contribution >= 0.6 is 0 Å². The van der Waals surface area contributed by atoms with Crippen LogP contribution in [0.25, 0.3) is 0 Å². The van der Waals surface area contributed by atoms with Gasteiger partial charge in [0.2, 0.25) is 0 Å². The fourth-order valence-electron chi connectivity index (χ4n) is 3.14. The van der Waals surface area contributed by atoms with Crippen LogP contribution in [-0.2, 0) is 17.6 Å². The van der Waals surface area contributed by atoms with E-state index in [2.05, 4.69) is 29.2 Å². The second kappa shape index (κ2) is 5.19. The summed E-state index contributed by atoms with van der Waals surface area (Å²) in [6.07, 6.45) is 5.17. The van der Waals surface area contributed by atoms with Gasteiger partial charge in [0, 0.05) is 19.1 Å². The molecule has 0 aromatic heterocycles. The molecule has 0 saturated carbocycles. The first-order valence-corrected chi connectivity index (χ1v) is 6.82. The zero-order valence-electron chi connectivity index (χ0n) is 10.4. The maximum absolute atomic E-state index is 5.45. The number of morpholine rings is 1. The minimum absolute atomic E-state index is 0.738. The second-order valence-corrected chi connectivity index (χ2v) is 5.17.